The third-order valence-electron chi connectivity index (χ3n) is 3.72. The highest BCUT2D eigenvalue weighted by atomic mass is 79.9. The van der Waals surface area contributed by atoms with E-state index in [1.165, 1.54) is 4.90 Å². The molecule has 1 aliphatic rings. The number of nitrogens with zero attached hydrogens (tertiary/aromatic N) is 1. The zero-order valence-corrected chi connectivity index (χ0v) is 15.6. The van der Waals surface area contributed by atoms with Crippen molar-refractivity contribution in [2.24, 2.45) is 0 Å². The lowest BCUT2D eigenvalue weighted by molar-refractivity contribution is -0.113. The Bertz CT molecular complexity index is 864. The van der Waals surface area contributed by atoms with Gasteiger partial charge in [0.15, 0.2) is 5.11 Å². The van der Waals surface area contributed by atoms with E-state index in [2.05, 4.69) is 21.2 Å². The van der Waals surface area contributed by atoms with Crippen molar-refractivity contribution in [2.45, 2.75) is 6.92 Å². The number of hydrogen-bond acceptors (Lipinski definition) is 3. The standard InChI is InChI=1S/C18H15BrN2O2S/c1-11-5-3-4-6-15(11)21-17(22)14(20-18(21)24)10-12-7-8-16(23-2)13(19)9-12/h3-10H,1-2H3,(H,20,24)/b14-10-. The summed E-state index contributed by atoms with van der Waals surface area (Å²) in [5.41, 5.74) is 3.09. The van der Waals surface area contributed by atoms with E-state index in [1.807, 2.05) is 49.4 Å². The quantitative estimate of drug-likeness (QED) is 0.621. The highest BCUT2D eigenvalue weighted by Gasteiger charge is 2.32. The zero-order chi connectivity index (χ0) is 17.3. The fraction of sp³-hybridized carbons (Fsp3) is 0.111. The van der Waals surface area contributed by atoms with Gasteiger partial charge in [-0.2, -0.15) is 0 Å². The van der Waals surface area contributed by atoms with Gasteiger partial charge >= 0.3 is 0 Å². The number of carbonyl (C=O) groups excluding carboxylic acids is 1. The summed E-state index contributed by atoms with van der Waals surface area (Å²) in [5.74, 6) is 0.571. The molecule has 1 amide bonds. The molecule has 0 bridgehead atoms. The van der Waals surface area contributed by atoms with E-state index in [9.17, 15) is 4.79 Å². The minimum absolute atomic E-state index is 0.166. The van der Waals surface area contributed by atoms with Crippen molar-refractivity contribution >= 4 is 50.9 Å². The SMILES string of the molecule is COc1ccc(/C=C2\NC(=S)N(c3ccccc3C)C2=O)cc1Br. The highest BCUT2D eigenvalue weighted by molar-refractivity contribution is 9.10. The van der Waals surface area contributed by atoms with Gasteiger partial charge in [-0.15, -0.1) is 0 Å². The topological polar surface area (TPSA) is 41.6 Å². The molecule has 0 unspecified atom stereocenters. The molecule has 1 fully saturated rings. The number of thiocarbonyl (C=S) groups is 1. The monoisotopic (exact) mass is 402 g/mol. The molecule has 3 rings (SSSR count). The average Bonchev–Trinajstić information content (AvgIpc) is 2.82. The van der Waals surface area contributed by atoms with Crippen molar-refractivity contribution < 1.29 is 9.53 Å². The van der Waals surface area contributed by atoms with E-state index >= 15 is 0 Å². The van der Waals surface area contributed by atoms with Crippen LogP contribution in [0.2, 0.25) is 0 Å². The number of ether oxygens (including phenoxy) is 1. The van der Waals surface area contributed by atoms with Crippen LogP contribution in [-0.2, 0) is 4.79 Å². The molecular formula is C18H15BrN2O2S. The first kappa shape index (κ1) is 16.7. The summed E-state index contributed by atoms with van der Waals surface area (Å²) in [5, 5.41) is 3.38. The van der Waals surface area contributed by atoms with Crippen LogP contribution in [0.25, 0.3) is 6.08 Å². The largest absolute Gasteiger partial charge is 0.496 e. The van der Waals surface area contributed by atoms with Gasteiger partial charge < -0.3 is 10.1 Å². The van der Waals surface area contributed by atoms with Gasteiger partial charge in [-0.05, 0) is 70.5 Å². The minimum atomic E-state index is -0.166. The van der Waals surface area contributed by atoms with Gasteiger partial charge in [-0.25, -0.2) is 0 Å². The van der Waals surface area contributed by atoms with Gasteiger partial charge in [-0.1, -0.05) is 24.3 Å². The van der Waals surface area contributed by atoms with Crippen LogP contribution in [0.4, 0.5) is 5.69 Å². The van der Waals surface area contributed by atoms with Crippen LogP contribution in [0.15, 0.2) is 52.6 Å². The number of halogens is 1. The molecule has 2 aromatic carbocycles. The Balaban J connectivity index is 1.94. The van der Waals surface area contributed by atoms with E-state index in [4.69, 9.17) is 17.0 Å². The summed E-state index contributed by atoms with van der Waals surface area (Å²) in [7, 11) is 1.61. The number of hydrogen-bond donors (Lipinski definition) is 1. The highest BCUT2D eigenvalue weighted by Crippen LogP contribution is 2.28. The second-order valence-electron chi connectivity index (χ2n) is 5.31. The number of amides is 1. The Morgan fingerprint density at radius 1 is 1.25 bits per heavy atom. The van der Waals surface area contributed by atoms with Gasteiger partial charge in [0, 0.05) is 0 Å². The second-order valence-corrected chi connectivity index (χ2v) is 6.55. The lowest BCUT2D eigenvalue weighted by Gasteiger charge is -2.16. The van der Waals surface area contributed by atoms with Crippen molar-refractivity contribution in [3.8, 4) is 5.75 Å². The Morgan fingerprint density at radius 3 is 2.67 bits per heavy atom. The molecule has 1 saturated heterocycles. The van der Waals surface area contributed by atoms with Crippen molar-refractivity contribution in [2.75, 3.05) is 12.0 Å². The van der Waals surface area contributed by atoms with E-state index in [-0.39, 0.29) is 5.91 Å². The molecule has 1 heterocycles. The Labute approximate surface area is 154 Å². The number of carbonyl (C=O) groups is 1. The lowest BCUT2D eigenvalue weighted by atomic mass is 10.1. The predicted molar refractivity (Wildman–Crippen MR) is 103 cm³/mol. The Morgan fingerprint density at radius 2 is 2.00 bits per heavy atom. The fourth-order valence-corrected chi connectivity index (χ4v) is 3.36. The number of benzene rings is 2. The summed E-state index contributed by atoms with van der Waals surface area (Å²) >= 11 is 8.79. The molecule has 1 aliphatic heterocycles. The van der Waals surface area contributed by atoms with Crippen LogP contribution in [0.1, 0.15) is 11.1 Å². The molecule has 0 saturated carbocycles. The molecule has 0 spiro atoms. The number of aryl methyl sites for hydroxylation is 1. The maximum Gasteiger partial charge on any atom is 0.281 e. The maximum atomic E-state index is 12.8. The number of nitrogens with one attached hydrogen (secondary N) is 1. The van der Waals surface area contributed by atoms with Crippen molar-refractivity contribution in [3.63, 3.8) is 0 Å². The smallest absolute Gasteiger partial charge is 0.281 e. The van der Waals surface area contributed by atoms with Crippen molar-refractivity contribution in [1.29, 1.82) is 0 Å². The summed E-state index contributed by atoms with van der Waals surface area (Å²) in [6.45, 7) is 1.95. The van der Waals surface area contributed by atoms with Gasteiger partial charge in [0.1, 0.15) is 11.4 Å². The van der Waals surface area contributed by atoms with Gasteiger partial charge in [-0.3, -0.25) is 9.69 Å². The number of para-hydroxylation sites is 1. The summed E-state index contributed by atoms with van der Waals surface area (Å²) in [4.78, 5) is 14.3. The van der Waals surface area contributed by atoms with Crippen LogP contribution in [0, 0.1) is 6.92 Å². The van der Waals surface area contributed by atoms with Gasteiger partial charge in [0.05, 0.1) is 17.3 Å². The fourth-order valence-electron chi connectivity index (χ4n) is 2.51. The van der Waals surface area contributed by atoms with Crippen LogP contribution in [0.3, 0.4) is 0 Å². The minimum Gasteiger partial charge on any atom is -0.496 e. The molecule has 0 radical (unpaired) electrons. The number of rotatable bonds is 3. The molecule has 6 heteroatoms. The van der Waals surface area contributed by atoms with E-state index in [0.717, 1.165) is 27.0 Å². The molecular weight excluding hydrogens is 388 g/mol. The summed E-state index contributed by atoms with van der Waals surface area (Å²) in [6, 6.07) is 13.3. The lowest BCUT2D eigenvalue weighted by Crippen LogP contribution is -2.30. The first-order chi connectivity index (χ1) is 11.5. The summed E-state index contributed by atoms with van der Waals surface area (Å²) in [6.07, 6.45) is 1.77. The van der Waals surface area contributed by atoms with Crippen LogP contribution in [0.5, 0.6) is 5.75 Å². The molecule has 1 N–H and O–H groups in total. The second kappa shape index (κ2) is 6.75. The van der Waals surface area contributed by atoms with Crippen LogP contribution >= 0.6 is 28.1 Å². The van der Waals surface area contributed by atoms with E-state index in [0.29, 0.717) is 10.8 Å². The number of methoxy groups -OCH3 is 1. The predicted octanol–water partition coefficient (Wildman–Crippen LogP) is 4.03. The van der Waals surface area contributed by atoms with E-state index in [1.54, 1.807) is 13.2 Å². The molecule has 122 valence electrons. The molecule has 2 aromatic rings. The molecule has 4 nitrogen and oxygen atoms in total. The Kier molecular flexibility index (Phi) is 4.69. The first-order valence-corrected chi connectivity index (χ1v) is 8.47. The summed E-state index contributed by atoms with van der Waals surface area (Å²) < 4.78 is 6.04. The third-order valence-corrected chi connectivity index (χ3v) is 4.63. The van der Waals surface area contributed by atoms with E-state index < -0.39 is 0 Å². The molecule has 0 aliphatic carbocycles. The molecule has 0 aromatic heterocycles. The number of anilines is 1. The van der Waals surface area contributed by atoms with Gasteiger partial charge in [0.2, 0.25) is 0 Å². The van der Waals surface area contributed by atoms with Crippen LogP contribution in [-0.4, -0.2) is 18.1 Å². The normalized spacial score (nSPS) is 15.8. The van der Waals surface area contributed by atoms with Crippen molar-refractivity contribution in [1.82, 2.24) is 5.32 Å². The first-order valence-electron chi connectivity index (χ1n) is 7.27. The average molecular weight is 403 g/mol. The molecule has 0 atom stereocenters. The maximum absolute atomic E-state index is 12.8. The van der Waals surface area contributed by atoms with Crippen molar-refractivity contribution in [3.05, 3.63) is 63.8 Å². The van der Waals surface area contributed by atoms with Gasteiger partial charge in [0.25, 0.3) is 5.91 Å². The van der Waals surface area contributed by atoms with Crippen LogP contribution < -0.4 is 15.0 Å². The zero-order valence-electron chi connectivity index (χ0n) is 13.2. The third kappa shape index (κ3) is 3.07. The Hall–Kier alpha value is -2.18. The molecule has 24 heavy (non-hydrogen) atoms.